The number of amides is 3. The number of aryl methyl sites for hydroxylation is 1. The molecule has 3 unspecified atom stereocenters. The van der Waals surface area contributed by atoms with Gasteiger partial charge in [-0.2, -0.15) is 9.97 Å². The zero-order valence-corrected chi connectivity index (χ0v) is 42.1. The van der Waals surface area contributed by atoms with Gasteiger partial charge in [0.1, 0.15) is 35.5 Å². The molecule has 6 aliphatic rings. The molecule has 3 amide bonds. The van der Waals surface area contributed by atoms with Gasteiger partial charge in [0.05, 0.1) is 58.9 Å². The van der Waals surface area contributed by atoms with E-state index in [1.54, 1.807) is 49.6 Å². The lowest BCUT2D eigenvalue weighted by Gasteiger charge is -2.38. The maximum Gasteiger partial charge on any atom is 0.407 e. The summed E-state index contributed by atoms with van der Waals surface area (Å²) in [5, 5.41) is 18.1. The molecule has 12 rings (SSSR count). The first kappa shape index (κ1) is 49.4. The first-order valence-corrected chi connectivity index (χ1v) is 26.2. The minimum Gasteiger partial charge on any atom is -0.465 e. The van der Waals surface area contributed by atoms with Crippen LogP contribution in [-0.2, 0) is 21.4 Å². The molecule has 6 atom stereocenters. The van der Waals surface area contributed by atoms with Crippen molar-refractivity contribution in [2.45, 2.75) is 87.2 Å². The van der Waals surface area contributed by atoms with Crippen LogP contribution in [0.1, 0.15) is 68.5 Å². The van der Waals surface area contributed by atoms with Crippen molar-refractivity contribution < 1.29 is 37.7 Å². The van der Waals surface area contributed by atoms with Crippen LogP contribution in [0.3, 0.4) is 0 Å². The number of halogens is 2. The molecule has 20 heteroatoms. The molecule has 0 aliphatic carbocycles. The smallest absolute Gasteiger partial charge is 0.407 e. The van der Waals surface area contributed by atoms with Gasteiger partial charge in [0, 0.05) is 81.5 Å². The van der Waals surface area contributed by atoms with Gasteiger partial charge in [-0.3, -0.25) is 38.8 Å². The Bertz CT molecular complexity index is 3520. The summed E-state index contributed by atoms with van der Waals surface area (Å²) < 4.78 is 48.0. The lowest BCUT2D eigenvalue weighted by atomic mass is 9.95. The number of nitrogens with one attached hydrogen (secondary N) is 2. The Morgan fingerprint density at radius 2 is 1.83 bits per heavy atom. The molecule has 6 aromatic rings. The first-order chi connectivity index (χ1) is 36.9. The van der Waals surface area contributed by atoms with E-state index in [-0.39, 0.29) is 85.0 Å². The number of carbonyl (C=O) groups excluding carboxylic acids is 2. The standard InChI is InChI=1S/C56H57F2N11O7/c1-3-39-42(57)16-13-33-8-4-11-40(46(33)39)48-47(58)49-41(26-59-48)51(66-27-35-14-15-36(28-66)60-35)63-53(62-49)76-32-56-20-7-23-68(56)37(19-21-56)29-67(55(73)74)31-38-30-65(24-25-75-38)22-6-10-34-9-5-12-43-50(34)64(2)54(72)69(43)44-17-18-45(70)61-52(44)71/h1,4-5,8-9,11-13,16,26,35-38,44,60H,7,14-15,17-25,27-32H2,2H3,(H,73,74)(H,61,70,71)/t35?,36?,37-,38+,44?,56-/m0/s1. The topological polar surface area (TPSA) is 193 Å². The molecule has 0 saturated carbocycles. The molecule has 6 fully saturated rings. The lowest BCUT2D eigenvalue weighted by Crippen LogP contribution is -2.53. The minimum absolute atomic E-state index is 0.0140. The summed E-state index contributed by atoms with van der Waals surface area (Å²) in [6.07, 6.45) is 11.6. The second-order valence-corrected chi connectivity index (χ2v) is 21.1. The predicted octanol–water partition coefficient (Wildman–Crippen LogP) is 4.78. The highest BCUT2D eigenvalue weighted by atomic mass is 19.1. The van der Waals surface area contributed by atoms with Crippen LogP contribution in [0.5, 0.6) is 6.01 Å². The molecule has 0 spiro atoms. The number of imide groups is 1. The molecule has 0 radical (unpaired) electrons. The number of hydrogen-bond acceptors (Lipinski definition) is 13. The predicted molar refractivity (Wildman–Crippen MR) is 279 cm³/mol. The van der Waals surface area contributed by atoms with Gasteiger partial charge in [0.2, 0.25) is 11.8 Å². The number of fused-ring (bicyclic) bond motifs is 6. The number of aromatic nitrogens is 5. The number of para-hydroxylation sites is 1. The summed E-state index contributed by atoms with van der Waals surface area (Å²) in [5.41, 5.74) is 1.39. The zero-order chi connectivity index (χ0) is 52.4. The Hall–Kier alpha value is -7.49. The normalized spacial score (nSPS) is 24.7. The van der Waals surface area contributed by atoms with E-state index in [1.165, 1.54) is 20.1 Å². The quantitative estimate of drug-likeness (QED) is 0.119. The van der Waals surface area contributed by atoms with Crippen LogP contribution in [0.25, 0.3) is 44.0 Å². The number of carbonyl (C=O) groups is 3. The van der Waals surface area contributed by atoms with Crippen molar-refractivity contribution in [2.24, 2.45) is 7.05 Å². The SMILES string of the molecule is C#Cc1c(F)ccc2cccc(-c3ncc4c(N5CC6CCC(C5)N6)nc(OC[C@@]56CCCN5[C@H](CN(C[C@H]5CN(CC#Cc7cccc8c7n(C)c(=O)n8C7CCC(=O)NC7=O)CCO5)C(=O)O)CC6)nc4c3F)c12. The van der Waals surface area contributed by atoms with E-state index < -0.39 is 41.3 Å². The Labute approximate surface area is 436 Å². The summed E-state index contributed by atoms with van der Waals surface area (Å²) in [6, 6.07) is 13.2. The van der Waals surface area contributed by atoms with Crippen molar-refractivity contribution in [3.63, 3.8) is 0 Å². The number of piperazine rings is 1. The third-order valence-corrected chi connectivity index (χ3v) is 16.6. The van der Waals surface area contributed by atoms with Gasteiger partial charge in [-0.05, 0) is 75.1 Å². The molecular weight excluding hydrogens is 977 g/mol. The van der Waals surface area contributed by atoms with E-state index in [9.17, 15) is 24.3 Å². The maximum atomic E-state index is 17.3. The molecule has 392 valence electrons. The molecule has 9 heterocycles. The van der Waals surface area contributed by atoms with E-state index in [2.05, 4.69) is 48.1 Å². The molecule has 2 bridgehead atoms. The largest absolute Gasteiger partial charge is 0.465 e. The van der Waals surface area contributed by atoms with Gasteiger partial charge in [-0.25, -0.2) is 18.4 Å². The fourth-order valence-electron chi connectivity index (χ4n) is 13.0. The fraction of sp³-hybridized carbons (Fsp3) is 0.446. The highest BCUT2D eigenvalue weighted by Crippen LogP contribution is 2.44. The number of hydrogen-bond donors (Lipinski definition) is 3. The maximum absolute atomic E-state index is 17.3. The number of anilines is 1. The number of ether oxygens (including phenoxy) is 2. The number of rotatable bonds is 11. The van der Waals surface area contributed by atoms with Crippen molar-refractivity contribution in [1.82, 2.24) is 49.4 Å². The summed E-state index contributed by atoms with van der Waals surface area (Å²) >= 11 is 0. The molecule has 76 heavy (non-hydrogen) atoms. The molecule has 3 N–H and O–H groups in total. The van der Waals surface area contributed by atoms with Crippen LogP contribution >= 0.6 is 0 Å². The van der Waals surface area contributed by atoms with Crippen molar-refractivity contribution in [3.8, 4) is 41.5 Å². The number of pyridine rings is 1. The van der Waals surface area contributed by atoms with Crippen LogP contribution in [-0.4, -0.2) is 157 Å². The number of benzene rings is 3. The zero-order valence-electron chi connectivity index (χ0n) is 42.1. The molecule has 3 aromatic carbocycles. The summed E-state index contributed by atoms with van der Waals surface area (Å²) in [5.74, 6) is 7.33. The summed E-state index contributed by atoms with van der Waals surface area (Å²) in [4.78, 5) is 73.5. The average molecular weight is 1030 g/mol. The summed E-state index contributed by atoms with van der Waals surface area (Å²) in [7, 11) is 1.64. The van der Waals surface area contributed by atoms with Crippen molar-refractivity contribution >= 4 is 56.4 Å². The van der Waals surface area contributed by atoms with Crippen LogP contribution < -0.4 is 26.0 Å². The van der Waals surface area contributed by atoms with E-state index >= 15 is 8.78 Å². The van der Waals surface area contributed by atoms with Crippen LogP contribution in [0.15, 0.2) is 59.5 Å². The second kappa shape index (κ2) is 19.9. The Morgan fingerprint density at radius 3 is 2.63 bits per heavy atom. The number of nitrogens with zero attached hydrogens (tertiary/aromatic N) is 9. The van der Waals surface area contributed by atoms with Gasteiger partial charge < -0.3 is 29.7 Å². The number of piperidine rings is 1. The van der Waals surface area contributed by atoms with E-state index in [4.69, 9.17) is 25.9 Å². The Morgan fingerprint density at radius 1 is 1.00 bits per heavy atom. The van der Waals surface area contributed by atoms with Gasteiger partial charge in [0.15, 0.2) is 5.82 Å². The highest BCUT2D eigenvalue weighted by Gasteiger charge is 2.51. The number of carboxylic acid groups (broad SMARTS) is 1. The van der Waals surface area contributed by atoms with E-state index in [0.29, 0.717) is 83.5 Å². The third kappa shape index (κ3) is 8.86. The average Bonchev–Trinajstić information content (AvgIpc) is 4.16. The van der Waals surface area contributed by atoms with Gasteiger partial charge >= 0.3 is 17.8 Å². The van der Waals surface area contributed by atoms with Crippen LogP contribution in [0.2, 0.25) is 0 Å². The molecule has 6 aliphatic heterocycles. The number of morpholine rings is 1. The van der Waals surface area contributed by atoms with Crippen LogP contribution in [0, 0.1) is 35.8 Å². The Balaban J connectivity index is 0.743. The number of imidazole rings is 1. The number of terminal acetylenes is 1. The Kier molecular flexibility index (Phi) is 12.9. The lowest BCUT2D eigenvalue weighted by molar-refractivity contribution is -0.135. The van der Waals surface area contributed by atoms with Gasteiger partial charge in [0.25, 0.3) is 0 Å². The van der Waals surface area contributed by atoms with Crippen LogP contribution in [0.4, 0.5) is 19.4 Å². The summed E-state index contributed by atoms with van der Waals surface area (Å²) in [6.45, 7) is 4.63. The van der Waals surface area contributed by atoms with E-state index in [0.717, 1.165) is 45.1 Å². The van der Waals surface area contributed by atoms with Gasteiger partial charge in [-0.15, -0.1) is 6.42 Å². The first-order valence-electron chi connectivity index (χ1n) is 26.2. The van der Waals surface area contributed by atoms with Gasteiger partial charge in [-0.1, -0.05) is 48.1 Å². The fourth-order valence-corrected chi connectivity index (χ4v) is 13.0. The third-order valence-electron chi connectivity index (χ3n) is 16.6. The van der Waals surface area contributed by atoms with E-state index in [1.807, 2.05) is 6.07 Å². The van der Waals surface area contributed by atoms with Crippen molar-refractivity contribution in [1.29, 1.82) is 0 Å². The second-order valence-electron chi connectivity index (χ2n) is 21.1. The minimum atomic E-state index is -1.03. The van der Waals surface area contributed by atoms with Crippen molar-refractivity contribution in [2.75, 3.05) is 70.5 Å². The monoisotopic (exact) mass is 1030 g/mol. The van der Waals surface area contributed by atoms with Crippen molar-refractivity contribution in [3.05, 3.63) is 88.0 Å². The highest BCUT2D eigenvalue weighted by molar-refractivity contribution is 6.02. The molecular formula is C56H57F2N11O7. The molecule has 3 aromatic heterocycles. The molecule has 18 nitrogen and oxygen atoms in total. The molecule has 6 saturated heterocycles.